The zero-order valence-corrected chi connectivity index (χ0v) is 12.4. The number of anilines is 1. The van der Waals surface area contributed by atoms with Gasteiger partial charge in [-0.1, -0.05) is 30.3 Å². The van der Waals surface area contributed by atoms with Crippen molar-refractivity contribution in [1.29, 1.82) is 0 Å². The van der Waals surface area contributed by atoms with Gasteiger partial charge in [0.15, 0.2) is 0 Å². The lowest BCUT2D eigenvalue weighted by Gasteiger charge is -2.24. The van der Waals surface area contributed by atoms with Crippen LogP contribution in [0.15, 0.2) is 59.7 Å². The Morgan fingerprint density at radius 2 is 1.73 bits per heavy atom. The summed E-state index contributed by atoms with van der Waals surface area (Å²) >= 11 is 0. The van der Waals surface area contributed by atoms with Crippen LogP contribution in [0.2, 0.25) is 0 Å². The third kappa shape index (κ3) is 4.09. The van der Waals surface area contributed by atoms with Crippen LogP contribution in [0.25, 0.3) is 0 Å². The Morgan fingerprint density at radius 1 is 1.00 bits per heavy atom. The van der Waals surface area contributed by atoms with E-state index in [-0.39, 0.29) is 6.10 Å². The van der Waals surface area contributed by atoms with Gasteiger partial charge in [-0.3, -0.25) is 5.43 Å². The smallest absolute Gasteiger partial charge is 0.128 e. The Balaban J connectivity index is 1.65. The topological polar surface area (TPSA) is 42.9 Å². The molecule has 0 bridgehead atoms. The first-order valence-electron chi connectivity index (χ1n) is 7.59. The van der Waals surface area contributed by atoms with Crippen molar-refractivity contribution in [1.82, 2.24) is 0 Å². The minimum atomic E-state index is 0.227. The van der Waals surface area contributed by atoms with Gasteiger partial charge in [-0.25, -0.2) is 0 Å². The highest BCUT2D eigenvalue weighted by Gasteiger charge is 2.16. The first-order valence-corrected chi connectivity index (χ1v) is 7.59. The van der Waals surface area contributed by atoms with E-state index in [1.807, 2.05) is 54.6 Å². The normalized spacial score (nSPS) is 15.8. The van der Waals surface area contributed by atoms with Gasteiger partial charge < -0.3 is 9.47 Å². The van der Waals surface area contributed by atoms with Crippen LogP contribution in [0.4, 0.5) is 5.69 Å². The summed E-state index contributed by atoms with van der Waals surface area (Å²) in [6.07, 6.45) is 3.90. The zero-order valence-electron chi connectivity index (χ0n) is 12.4. The highest BCUT2D eigenvalue weighted by atomic mass is 16.5. The molecular formula is C18H20N2O2. The molecule has 4 heteroatoms. The third-order valence-electron chi connectivity index (χ3n) is 3.55. The van der Waals surface area contributed by atoms with Crippen LogP contribution in [0.3, 0.4) is 0 Å². The number of rotatable bonds is 5. The zero-order chi connectivity index (χ0) is 15.0. The fraction of sp³-hybridized carbons (Fsp3) is 0.278. The van der Waals surface area contributed by atoms with Gasteiger partial charge in [-0.05, 0) is 24.3 Å². The molecule has 1 heterocycles. The van der Waals surface area contributed by atoms with E-state index in [0.717, 1.165) is 43.1 Å². The molecule has 114 valence electrons. The summed E-state index contributed by atoms with van der Waals surface area (Å²) in [6.45, 7) is 1.55. The summed E-state index contributed by atoms with van der Waals surface area (Å²) in [7, 11) is 0. The summed E-state index contributed by atoms with van der Waals surface area (Å²) < 4.78 is 11.5. The monoisotopic (exact) mass is 296 g/mol. The summed E-state index contributed by atoms with van der Waals surface area (Å²) in [5.74, 6) is 0.869. The van der Waals surface area contributed by atoms with E-state index in [1.54, 1.807) is 6.21 Å². The van der Waals surface area contributed by atoms with Crippen molar-refractivity contribution in [3.05, 3.63) is 60.2 Å². The van der Waals surface area contributed by atoms with Gasteiger partial charge in [-0.2, -0.15) is 5.10 Å². The summed E-state index contributed by atoms with van der Waals surface area (Å²) in [6, 6.07) is 17.8. The van der Waals surface area contributed by atoms with Crippen LogP contribution in [-0.4, -0.2) is 25.5 Å². The van der Waals surface area contributed by atoms with Crippen LogP contribution in [0.5, 0.6) is 5.75 Å². The van der Waals surface area contributed by atoms with E-state index in [9.17, 15) is 0 Å². The lowest BCUT2D eigenvalue weighted by atomic mass is 10.1. The molecule has 0 unspecified atom stereocenters. The predicted octanol–water partition coefficient (Wildman–Crippen LogP) is 3.69. The average Bonchev–Trinajstić information content (AvgIpc) is 2.58. The van der Waals surface area contributed by atoms with E-state index >= 15 is 0 Å². The third-order valence-corrected chi connectivity index (χ3v) is 3.55. The maximum atomic E-state index is 6.09. The van der Waals surface area contributed by atoms with Crippen LogP contribution in [-0.2, 0) is 4.74 Å². The fourth-order valence-corrected chi connectivity index (χ4v) is 2.36. The Bertz CT molecular complexity index is 607. The van der Waals surface area contributed by atoms with E-state index in [4.69, 9.17) is 9.47 Å². The molecule has 0 spiro atoms. The molecular weight excluding hydrogens is 276 g/mol. The summed E-state index contributed by atoms with van der Waals surface area (Å²) in [5.41, 5.74) is 4.95. The number of para-hydroxylation sites is 2. The van der Waals surface area contributed by atoms with Crippen LogP contribution >= 0.6 is 0 Å². The van der Waals surface area contributed by atoms with Crippen molar-refractivity contribution in [3.8, 4) is 5.75 Å². The molecule has 0 saturated carbocycles. The van der Waals surface area contributed by atoms with Crippen LogP contribution < -0.4 is 10.2 Å². The van der Waals surface area contributed by atoms with Crippen molar-refractivity contribution in [3.63, 3.8) is 0 Å². The molecule has 0 atom stereocenters. The highest BCUT2D eigenvalue weighted by Crippen LogP contribution is 2.21. The van der Waals surface area contributed by atoms with Gasteiger partial charge >= 0.3 is 0 Å². The van der Waals surface area contributed by atoms with Crippen LogP contribution in [0.1, 0.15) is 18.4 Å². The number of nitrogens with one attached hydrogen (secondary N) is 1. The molecule has 22 heavy (non-hydrogen) atoms. The quantitative estimate of drug-likeness (QED) is 0.676. The molecule has 1 saturated heterocycles. The highest BCUT2D eigenvalue weighted by molar-refractivity contribution is 5.84. The molecule has 2 aromatic carbocycles. The second-order valence-corrected chi connectivity index (χ2v) is 5.20. The minimum Gasteiger partial charge on any atom is -0.490 e. The van der Waals surface area contributed by atoms with Crippen molar-refractivity contribution >= 4 is 11.9 Å². The van der Waals surface area contributed by atoms with E-state index in [1.165, 1.54) is 0 Å². The largest absolute Gasteiger partial charge is 0.490 e. The van der Waals surface area contributed by atoms with Crippen LogP contribution in [0, 0.1) is 0 Å². The number of hydrazone groups is 1. The number of hydrogen-bond donors (Lipinski definition) is 1. The van der Waals surface area contributed by atoms with Crippen molar-refractivity contribution in [2.24, 2.45) is 5.10 Å². The molecule has 2 aromatic rings. The first kappa shape index (κ1) is 14.6. The fourth-order valence-electron chi connectivity index (χ4n) is 2.36. The molecule has 4 nitrogen and oxygen atoms in total. The minimum absolute atomic E-state index is 0.227. The van der Waals surface area contributed by atoms with Gasteiger partial charge in [-0.15, -0.1) is 0 Å². The number of hydrogen-bond acceptors (Lipinski definition) is 4. The maximum Gasteiger partial charge on any atom is 0.128 e. The van der Waals surface area contributed by atoms with Crippen molar-refractivity contribution in [2.75, 3.05) is 18.6 Å². The van der Waals surface area contributed by atoms with Crippen molar-refractivity contribution in [2.45, 2.75) is 18.9 Å². The lowest BCUT2D eigenvalue weighted by Crippen LogP contribution is -2.26. The SMILES string of the molecule is C(=NNc1ccccc1)c1ccccc1OC1CCOCC1. The van der Waals surface area contributed by atoms with Crippen molar-refractivity contribution < 1.29 is 9.47 Å². The lowest BCUT2D eigenvalue weighted by molar-refractivity contribution is 0.0255. The Kier molecular flexibility index (Phi) is 5.05. The first-order chi connectivity index (χ1) is 10.9. The molecule has 0 aromatic heterocycles. The van der Waals surface area contributed by atoms with E-state index < -0.39 is 0 Å². The van der Waals surface area contributed by atoms with E-state index in [2.05, 4.69) is 10.5 Å². The number of benzene rings is 2. The number of ether oxygens (including phenoxy) is 2. The average molecular weight is 296 g/mol. The molecule has 0 amide bonds. The Morgan fingerprint density at radius 3 is 2.55 bits per heavy atom. The predicted molar refractivity (Wildman–Crippen MR) is 88.6 cm³/mol. The van der Waals surface area contributed by atoms with Gasteiger partial charge in [0, 0.05) is 18.4 Å². The molecule has 0 aliphatic carbocycles. The second kappa shape index (κ2) is 7.61. The summed E-state index contributed by atoms with van der Waals surface area (Å²) in [4.78, 5) is 0. The summed E-state index contributed by atoms with van der Waals surface area (Å²) in [5, 5.41) is 4.29. The van der Waals surface area contributed by atoms with Gasteiger partial charge in [0.2, 0.25) is 0 Å². The van der Waals surface area contributed by atoms with E-state index in [0.29, 0.717) is 0 Å². The van der Waals surface area contributed by atoms with Gasteiger partial charge in [0.05, 0.1) is 25.1 Å². The molecule has 0 radical (unpaired) electrons. The second-order valence-electron chi connectivity index (χ2n) is 5.20. The molecule has 1 N–H and O–H groups in total. The molecule has 1 aliphatic rings. The molecule has 1 aliphatic heterocycles. The molecule has 3 rings (SSSR count). The Labute approximate surface area is 130 Å². The maximum absolute atomic E-state index is 6.09. The van der Waals surface area contributed by atoms with Gasteiger partial charge in [0.25, 0.3) is 0 Å². The van der Waals surface area contributed by atoms with Gasteiger partial charge in [0.1, 0.15) is 11.9 Å². The standard InChI is InChI=1S/C18H20N2O2/c1-2-7-16(8-3-1)20-19-14-15-6-4-5-9-18(15)22-17-10-12-21-13-11-17/h1-9,14,17,20H,10-13H2. The number of nitrogens with zero attached hydrogens (tertiary/aromatic N) is 1. The Hall–Kier alpha value is -2.33. The molecule has 1 fully saturated rings.